The number of rotatable bonds is 7. The van der Waals surface area contributed by atoms with Gasteiger partial charge in [-0.25, -0.2) is 0 Å². The molecule has 19 heavy (non-hydrogen) atoms. The minimum absolute atomic E-state index is 0.243. The lowest BCUT2D eigenvalue weighted by Crippen LogP contribution is -2.29. The van der Waals surface area contributed by atoms with Gasteiger partial charge in [0.1, 0.15) is 0 Å². The van der Waals surface area contributed by atoms with E-state index in [-0.39, 0.29) is 6.61 Å². The summed E-state index contributed by atoms with van der Waals surface area (Å²) in [5.41, 5.74) is 2.71. The molecule has 0 saturated heterocycles. The summed E-state index contributed by atoms with van der Waals surface area (Å²) in [4.78, 5) is 2.21. The summed E-state index contributed by atoms with van der Waals surface area (Å²) in [6.07, 6.45) is 2.16. The van der Waals surface area contributed by atoms with Crippen molar-refractivity contribution >= 4 is 0 Å². The zero-order valence-corrected chi connectivity index (χ0v) is 13.1. The Hall–Kier alpha value is -0.860. The van der Waals surface area contributed by atoms with Crippen LogP contribution in [0.15, 0.2) is 24.3 Å². The predicted octanol–water partition coefficient (Wildman–Crippen LogP) is 3.82. The summed E-state index contributed by atoms with van der Waals surface area (Å²) in [5, 5.41) is 9.56. The second kappa shape index (κ2) is 7.66. The van der Waals surface area contributed by atoms with Gasteiger partial charge in [0.05, 0.1) is 0 Å². The number of hydrogen-bond donors (Lipinski definition) is 1. The van der Waals surface area contributed by atoms with Crippen molar-refractivity contribution in [3.63, 3.8) is 0 Å². The van der Waals surface area contributed by atoms with Crippen LogP contribution in [0.3, 0.4) is 0 Å². The number of nitrogens with zero attached hydrogens (tertiary/aromatic N) is 1. The van der Waals surface area contributed by atoms with E-state index in [2.05, 4.69) is 64.0 Å². The van der Waals surface area contributed by atoms with E-state index in [0.717, 1.165) is 6.42 Å². The molecule has 1 rings (SSSR count). The highest BCUT2D eigenvalue weighted by atomic mass is 16.3. The van der Waals surface area contributed by atoms with Crippen molar-refractivity contribution in [1.29, 1.82) is 0 Å². The lowest BCUT2D eigenvalue weighted by Gasteiger charge is -2.31. The van der Waals surface area contributed by atoms with E-state index in [1.54, 1.807) is 0 Å². The summed E-state index contributed by atoms with van der Waals surface area (Å²) in [6.45, 7) is 6.87. The third-order valence-corrected chi connectivity index (χ3v) is 4.22. The molecule has 2 heteroatoms. The van der Waals surface area contributed by atoms with Gasteiger partial charge in [0.25, 0.3) is 0 Å². The van der Waals surface area contributed by atoms with Gasteiger partial charge in [0.15, 0.2) is 0 Å². The zero-order chi connectivity index (χ0) is 14.4. The van der Waals surface area contributed by atoms with E-state index < -0.39 is 0 Å². The second-order valence-electron chi connectivity index (χ2n) is 5.74. The van der Waals surface area contributed by atoms with E-state index in [9.17, 15) is 5.11 Å². The van der Waals surface area contributed by atoms with Gasteiger partial charge in [0.2, 0.25) is 0 Å². The van der Waals surface area contributed by atoms with Crippen LogP contribution in [0.4, 0.5) is 0 Å². The van der Waals surface area contributed by atoms with Crippen molar-refractivity contribution in [1.82, 2.24) is 4.90 Å². The van der Waals surface area contributed by atoms with Crippen LogP contribution in [-0.2, 0) is 0 Å². The zero-order valence-electron chi connectivity index (χ0n) is 13.1. The molecule has 0 aliphatic rings. The maximum Gasteiger partial charge on any atom is 0.0477 e. The van der Waals surface area contributed by atoms with Crippen LogP contribution in [-0.4, -0.2) is 30.7 Å². The maximum absolute atomic E-state index is 9.56. The second-order valence-corrected chi connectivity index (χ2v) is 5.74. The van der Waals surface area contributed by atoms with Crippen molar-refractivity contribution in [2.24, 2.45) is 5.92 Å². The fraction of sp³-hybridized carbons (Fsp3) is 0.647. The largest absolute Gasteiger partial charge is 0.396 e. The van der Waals surface area contributed by atoms with Crippen LogP contribution in [0.25, 0.3) is 0 Å². The molecule has 0 aromatic heterocycles. The molecule has 0 aliphatic heterocycles. The summed E-state index contributed by atoms with van der Waals surface area (Å²) in [7, 11) is 4.18. The molecule has 2 nitrogen and oxygen atoms in total. The maximum atomic E-state index is 9.56. The number of hydrogen-bond acceptors (Lipinski definition) is 2. The highest BCUT2D eigenvalue weighted by molar-refractivity contribution is 5.27. The Morgan fingerprint density at radius 1 is 1.00 bits per heavy atom. The van der Waals surface area contributed by atoms with Crippen LogP contribution >= 0.6 is 0 Å². The van der Waals surface area contributed by atoms with Crippen molar-refractivity contribution in [2.75, 3.05) is 20.7 Å². The summed E-state index contributed by atoms with van der Waals surface area (Å²) in [5.74, 6) is 0.913. The molecular weight excluding hydrogens is 234 g/mol. The predicted molar refractivity (Wildman–Crippen MR) is 82.4 cm³/mol. The van der Waals surface area contributed by atoms with E-state index >= 15 is 0 Å². The SMILES string of the molecule is CCC(C)c1ccc(C(C(CC)CO)N(C)C)cc1. The topological polar surface area (TPSA) is 23.5 Å². The molecule has 0 heterocycles. The number of aliphatic hydroxyl groups is 1. The Kier molecular flexibility index (Phi) is 6.53. The summed E-state index contributed by atoms with van der Waals surface area (Å²) in [6, 6.07) is 9.23. The van der Waals surface area contributed by atoms with Crippen molar-refractivity contribution in [3.8, 4) is 0 Å². The summed E-state index contributed by atoms with van der Waals surface area (Å²) >= 11 is 0. The Morgan fingerprint density at radius 2 is 1.53 bits per heavy atom. The molecule has 1 aromatic rings. The molecule has 0 saturated carbocycles. The number of aliphatic hydroxyl groups excluding tert-OH is 1. The molecule has 0 radical (unpaired) electrons. The van der Waals surface area contributed by atoms with E-state index in [1.807, 2.05) is 0 Å². The molecule has 0 amide bonds. The molecular formula is C17H29NO. The average molecular weight is 263 g/mol. The Balaban J connectivity index is 2.97. The van der Waals surface area contributed by atoms with Crippen LogP contribution < -0.4 is 0 Å². The van der Waals surface area contributed by atoms with Gasteiger partial charge in [-0.2, -0.15) is 0 Å². The van der Waals surface area contributed by atoms with Crippen molar-refractivity contribution in [3.05, 3.63) is 35.4 Å². The van der Waals surface area contributed by atoms with E-state index in [0.29, 0.717) is 17.9 Å². The van der Waals surface area contributed by atoms with Gasteiger partial charge in [-0.15, -0.1) is 0 Å². The third-order valence-electron chi connectivity index (χ3n) is 4.22. The van der Waals surface area contributed by atoms with E-state index in [4.69, 9.17) is 0 Å². The normalized spacial score (nSPS) is 16.4. The summed E-state index contributed by atoms with van der Waals surface area (Å²) < 4.78 is 0. The Bertz CT molecular complexity index is 354. The molecule has 0 bridgehead atoms. The number of benzene rings is 1. The first kappa shape index (κ1) is 16.2. The molecule has 3 unspecified atom stereocenters. The lowest BCUT2D eigenvalue weighted by atomic mass is 9.89. The molecule has 1 N–H and O–H groups in total. The van der Waals surface area contributed by atoms with Gasteiger partial charge in [0, 0.05) is 18.6 Å². The van der Waals surface area contributed by atoms with Gasteiger partial charge >= 0.3 is 0 Å². The molecule has 3 atom stereocenters. The first-order chi connectivity index (χ1) is 9.04. The quantitative estimate of drug-likeness (QED) is 0.808. The highest BCUT2D eigenvalue weighted by Gasteiger charge is 2.23. The fourth-order valence-corrected chi connectivity index (χ4v) is 2.70. The minimum atomic E-state index is 0.243. The standard InChI is InChI=1S/C17H29NO/c1-6-13(3)15-8-10-16(11-9-15)17(18(4)5)14(7-2)12-19/h8-11,13-14,17,19H,6-7,12H2,1-5H3. The lowest BCUT2D eigenvalue weighted by molar-refractivity contribution is 0.130. The van der Waals surface area contributed by atoms with Gasteiger partial charge in [-0.05, 0) is 44.0 Å². The Labute approximate surface area is 118 Å². The first-order valence-corrected chi connectivity index (χ1v) is 7.42. The Morgan fingerprint density at radius 3 is 1.89 bits per heavy atom. The van der Waals surface area contributed by atoms with Crippen molar-refractivity contribution < 1.29 is 5.11 Å². The highest BCUT2D eigenvalue weighted by Crippen LogP contribution is 2.30. The molecule has 0 aliphatic carbocycles. The van der Waals surface area contributed by atoms with Crippen molar-refractivity contribution in [2.45, 2.75) is 45.6 Å². The smallest absolute Gasteiger partial charge is 0.0477 e. The third kappa shape index (κ3) is 4.05. The van der Waals surface area contributed by atoms with Crippen LogP contribution in [0.5, 0.6) is 0 Å². The minimum Gasteiger partial charge on any atom is -0.396 e. The van der Waals surface area contributed by atoms with Crippen LogP contribution in [0, 0.1) is 5.92 Å². The van der Waals surface area contributed by atoms with Gasteiger partial charge in [-0.3, -0.25) is 0 Å². The fourth-order valence-electron chi connectivity index (χ4n) is 2.70. The average Bonchev–Trinajstić information content (AvgIpc) is 2.43. The van der Waals surface area contributed by atoms with Gasteiger partial charge in [-0.1, -0.05) is 45.0 Å². The first-order valence-electron chi connectivity index (χ1n) is 7.42. The molecule has 1 aromatic carbocycles. The van der Waals surface area contributed by atoms with E-state index in [1.165, 1.54) is 17.5 Å². The van der Waals surface area contributed by atoms with Crippen LogP contribution in [0.2, 0.25) is 0 Å². The van der Waals surface area contributed by atoms with Gasteiger partial charge < -0.3 is 10.0 Å². The molecule has 108 valence electrons. The molecule has 0 spiro atoms. The monoisotopic (exact) mass is 263 g/mol. The molecule has 0 fully saturated rings. The van der Waals surface area contributed by atoms with Crippen LogP contribution in [0.1, 0.15) is 56.7 Å².